The number of thiophene rings is 1. The zero-order valence-electron chi connectivity index (χ0n) is 14.4. The van der Waals surface area contributed by atoms with Gasteiger partial charge in [0.25, 0.3) is 0 Å². The Morgan fingerprint density at radius 1 is 0.957 bits per heavy atom. The van der Waals surface area contributed by atoms with Gasteiger partial charge in [-0.15, -0.1) is 22.7 Å². The van der Waals surface area contributed by atoms with Gasteiger partial charge in [0.1, 0.15) is 5.01 Å². The molecule has 0 fully saturated rings. The van der Waals surface area contributed by atoms with Crippen molar-refractivity contribution in [3.05, 3.63) is 26.5 Å². The molecule has 2 rings (SSSR count). The number of hydrogen-bond acceptors (Lipinski definition) is 3. The Kier molecular flexibility index (Phi) is 8.84. The van der Waals surface area contributed by atoms with E-state index in [1.807, 2.05) is 22.7 Å². The molecule has 0 aliphatic carbocycles. The van der Waals surface area contributed by atoms with Crippen LogP contribution < -0.4 is 0 Å². The van der Waals surface area contributed by atoms with Gasteiger partial charge in [0, 0.05) is 0 Å². The SMILES string of the molecule is CCCCCCc1ccsc1-c1nc(CCCCCC)c(Br)s1. The molecule has 0 aromatic carbocycles. The first-order valence-electron chi connectivity index (χ1n) is 8.98. The summed E-state index contributed by atoms with van der Waals surface area (Å²) in [5, 5.41) is 3.43. The quantitative estimate of drug-likeness (QED) is 0.341. The highest BCUT2D eigenvalue weighted by Gasteiger charge is 2.14. The molecule has 0 radical (unpaired) electrons. The summed E-state index contributed by atoms with van der Waals surface area (Å²) in [7, 11) is 0. The maximum atomic E-state index is 4.94. The third-order valence-electron chi connectivity index (χ3n) is 4.16. The van der Waals surface area contributed by atoms with Crippen LogP contribution in [-0.2, 0) is 12.8 Å². The summed E-state index contributed by atoms with van der Waals surface area (Å²) in [6.07, 6.45) is 12.8. The molecule has 128 valence electrons. The third-order valence-corrected chi connectivity index (χ3v) is 7.10. The van der Waals surface area contributed by atoms with Gasteiger partial charge < -0.3 is 0 Å². The fraction of sp³-hybridized carbons (Fsp3) is 0.632. The van der Waals surface area contributed by atoms with Crippen molar-refractivity contribution < 1.29 is 0 Å². The average Bonchev–Trinajstić information content (AvgIpc) is 3.15. The molecule has 0 saturated heterocycles. The van der Waals surface area contributed by atoms with Gasteiger partial charge in [0.2, 0.25) is 0 Å². The van der Waals surface area contributed by atoms with Gasteiger partial charge in [-0.3, -0.25) is 0 Å². The lowest BCUT2D eigenvalue weighted by Crippen LogP contribution is -1.89. The van der Waals surface area contributed by atoms with Crippen LogP contribution >= 0.6 is 38.6 Å². The van der Waals surface area contributed by atoms with Gasteiger partial charge in [-0.2, -0.15) is 0 Å². The van der Waals surface area contributed by atoms with E-state index in [-0.39, 0.29) is 0 Å². The first-order valence-corrected chi connectivity index (χ1v) is 11.5. The van der Waals surface area contributed by atoms with Crippen LogP contribution in [0.15, 0.2) is 15.2 Å². The Morgan fingerprint density at radius 3 is 2.35 bits per heavy atom. The molecule has 0 unspecified atom stereocenters. The number of nitrogens with zero attached hydrogens (tertiary/aromatic N) is 1. The first-order chi connectivity index (χ1) is 11.3. The number of hydrogen-bond donors (Lipinski definition) is 0. The molecule has 0 bridgehead atoms. The molecule has 0 amide bonds. The van der Waals surface area contributed by atoms with Crippen molar-refractivity contribution in [2.75, 3.05) is 0 Å². The second-order valence-electron chi connectivity index (χ2n) is 6.14. The number of unbranched alkanes of at least 4 members (excludes halogenated alkanes) is 6. The lowest BCUT2D eigenvalue weighted by atomic mass is 10.1. The highest BCUT2D eigenvalue weighted by Crippen LogP contribution is 2.38. The highest BCUT2D eigenvalue weighted by atomic mass is 79.9. The molecule has 4 heteroatoms. The number of aryl methyl sites for hydroxylation is 2. The number of rotatable bonds is 11. The first kappa shape index (κ1) is 19.1. The number of aromatic nitrogens is 1. The third kappa shape index (κ3) is 5.99. The Labute approximate surface area is 157 Å². The van der Waals surface area contributed by atoms with Crippen LogP contribution in [0.25, 0.3) is 9.88 Å². The molecule has 2 aromatic rings. The van der Waals surface area contributed by atoms with Crippen molar-refractivity contribution in [3.8, 4) is 9.88 Å². The topological polar surface area (TPSA) is 12.9 Å². The van der Waals surface area contributed by atoms with Crippen LogP contribution in [0.2, 0.25) is 0 Å². The fourth-order valence-corrected chi connectivity index (χ4v) is 5.43. The van der Waals surface area contributed by atoms with Crippen LogP contribution in [0, 0.1) is 0 Å². The van der Waals surface area contributed by atoms with Gasteiger partial charge in [-0.05, 0) is 58.6 Å². The maximum Gasteiger partial charge on any atom is 0.135 e. The van der Waals surface area contributed by atoms with Crippen molar-refractivity contribution in [1.29, 1.82) is 0 Å². The van der Waals surface area contributed by atoms with Crippen molar-refractivity contribution in [1.82, 2.24) is 4.98 Å². The molecule has 0 saturated carbocycles. The Balaban J connectivity index is 1.97. The van der Waals surface area contributed by atoms with Gasteiger partial charge in [-0.25, -0.2) is 4.98 Å². The van der Waals surface area contributed by atoms with Crippen molar-refractivity contribution in [2.24, 2.45) is 0 Å². The van der Waals surface area contributed by atoms with Crippen LogP contribution in [0.5, 0.6) is 0 Å². The van der Waals surface area contributed by atoms with E-state index in [4.69, 9.17) is 4.98 Å². The van der Waals surface area contributed by atoms with Crippen LogP contribution in [-0.4, -0.2) is 4.98 Å². The molecular weight excluding hydrogens is 386 g/mol. The lowest BCUT2D eigenvalue weighted by molar-refractivity contribution is 0.661. The molecule has 0 aliphatic heterocycles. The van der Waals surface area contributed by atoms with Crippen LogP contribution in [0.4, 0.5) is 0 Å². The van der Waals surface area contributed by atoms with Crippen LogP contribution in [0.1, 0.15) is 76.5 Å². The minimum absolute atomic E-state index is 1.11. The monoisotopic (exact) mass is 413 g/mol. The Bertz CT molecular complexity index is 574. The predicted molar refractivity (Wildman–Crippen MR) is 109 cm³/mol. The second-order valence-corrected chi connectivity index (χ2v) is 9.37. The van der Waals surface area contributed by atoms with E-state index in [1.165, 1.54) is 82.7 Å². The molecule has 2 heterocycles. The largest absolute Gasteiger partial charge is 0.239 e. The van der Waals surface area contributed by atoms with E-state index in [9.17, 15) is 0 Å². The number of thiazole rings is 1. The second kappa shape index (κ2) is 10.6. The molecule has 0 spiro atoms. The van der Waals surface area contributed by atoms with E-state index in [0.29, 0.717) is 0 Å². The standard InChI is InChI=1S/C19H28BrNS2/c1-3-5-7-9-11-15-13-14-22-17(15)19-21-16(18(20)23-19)12-10-8-6-4-2/h13-14H,3-12H2,1-2H3. The van der Waals surface area contributed by atoms with E-state index < -0.39 is 0 Å². The summed E-state index contributed by atoms with van der Waals surface area (Å²) in [6, 6.07) is 2.29. The molecule has 23 heavy (non-hydrogen) atoms. The summed E-state index contributed by atoms with van der Waals surface area (Å²) < 4.78 is 1.23. The van der Waals surface area contributed by atoms with Gasteiger partial charge >= 0.3 is 0 Å². The zero-order valence-corrected chi connectivity index (χ0v) is 17.6. The molecule has 0 atom stereocenters. The smallest absolute Gasteiger partial charge is 0.135 e. The summed E-state index contributed by atoms with van der Waals surface area (Å²) in [6.45, 7) is 4.53. The minimum Gasteiger partial charge on any atom is -0.239 e. The number of halogens is 1. The average molecular weight is 414 g/mol. The maximum absolute atomic E-state index is 4.94. The normalized spacial score (nSPS) is 11.3. The molecular formula is C19H28BrNS2. The lowest BCUT2D eigenvalue weighted by Gasteiger charge is -2.01. The van der Waals surface area contributed by atoms with Crippen molar-refractivity contribution >= 4 is 38.6 Å². The van der Waals surface area contributed by atoms with Crippen molar-refractivity contribution in [3.63, 3.8) is 0 Å². The van der Waals surface area contributed by atoms with E-state index in [2.05, 4.69) is 41.2 Å². The van der Waals surface area contributed by atoms with Gasteiger partial charge in [-0.1, -0.05) is 52.4 Å². The summed E-state index contributed by atoms with van der Waals surface area (Å²) >= 11 is 7.39. The molecule has 1 nitrogen and oxygen atoms in total. The van der Waals surface area contributed by atoms with E-state index in [1.54, 1.807) is 0 Å². The molecule has 0 N–H and O–H groups in total. The molecule has 2 aromatic heterocycles. The van der Waals surface area contributed by atoms with Gasteiger partial charge in [0.15, 0.2) is 0 Å². The van der Waals surface area contributed by atoms with E-state index in [0.717, 1.165) is 6.42 Å². The summed E-state index contributed by atoms with van der Waals surface area (Å²) in [5.74, 6) is 0. The van der Waals surface area contributed by atoms with Gasteiger partial charge in [0.05, 0.1) is 14.4 Å². The zero-order chi connectivity index (χ0) is 16.5. The van der Waals surface area contributed by atoms with E-state index >= 15 is 0 Å². The summed E-state index contributed by atoms with van der Waals surface area (Å²) in [5.41, 5.74) is 2.75. The predicted octanol–water partition coefficient (Wildman–Crippen LogP) is 7.88. The molecule has 0 aliphatic rings. The Hall–Kier alpha value is -0.190. The summed E-state index contributed by atoms with van der Waals surface area (Å²) in [4.78, 5) is 6.33. The van der Waals surface area contributed by atoms with Crippen LogP contribution in [0.3, 0.4) is 0 Å². The minimum atomic E-state index is 1.11. The fourth-order valence-electron chi connectivity index (χ4n) is 2.77. The highest BCUT2D eigenvalue weighted by molar-refractivity contribution is 9.11. The van der Waals surface area contributed by atoms with Crippen molar-refractivity contribution in [2.45, 2.75) is 78.1 Å². The Morgan fingerprint density at radius 2 is 1.65 bits per heavy atom.